The zero-order valence-corrected chi connectivity index (χ0v) is 14.4. The number of carbonyl (C=O) groups is 3. The number of rotatable bonds is 9. The monoisotopic (exact) mass is 310 g/mol. The van der Waals surface area contributed by atoms with Crippen LogP contribution in [0.5, 0.6) is 0 Å². The van der Waals surface area contributed by atoms with E-state index in [1.807, 2.05) is 6.92 Å². The molecule has 3 amide bonds. The predicted octanol–water partition coefficient (Wildman–Crippen LogP) is 3.14. The van der Waals surface area contributed by atoms with Gasteiger partial charge in [0, 0.05) is 19.9 Å². The molecule has 0 saturated carbocycles. The van der Waals surface area contributed by atoms with Crippen molar-refractivity contribution in [1.82, 2.24) is 10.0 Å². The van der Waals surface area contributed by atoms with Gasteiger partial charge in [0.05, 0.1) is 5.92 Å². The van der Waals surface area contributed by atoms with E-state index in [9.17, 15) is 14.4 Å². The molecule has 1 aliphatic heterocycles. The van der Waals surface area contributed by atoms with Crippen LogP contribution in [0.1, 0.15) is 72.6 Å². The van der Waals surface area contributed by atoms with Crippen molar-refractivity contribution in [3.05, 3.63) is 0 Å². The molecule has 1 fully saturated rings. The summed E-state index contributed by atoms with van der Waals surface area (Å²) in [7, 11) is 0. The summed E-state index contributed by atoms with van der Waals surface area (Å²) < 4.78 is 0. The molecule has 0 aliphatic carbocycles. The summed E-state index contributed by atoms with van der Waals surface area (Å²) in [6, 6.07) is 0. The van der Waals surface area contributed by atoms with Crippen LogP contribution in [0.4, 0.5) is 0 Å². The van der Waals surface area contributed by atoms with Crippen LogP contribution in [-0.2, 0) is 14.4 Å². The van der Waals surface area contributed by atoms with Gasteiger partial charge >= 0.3 is 0 Å². The SMILES string of the molecule is CCCCCCCC(C)C1CC(=O)N(N(CC)C(C)=O)C1=O. The largest absolute Gasteiger partial charge is 0.273 e. The summed E-state index contributed by atoms with van der Waals surface area (Å²) in [6.07, 6.45) is 7.20. The van der Waals surface area contributed by atoms with Crippen LogP contribution in [0.15, 0.2) is 0 Å². The van der Waals surface area contributed by atoms with Gasteiger partial charge in [-0.1, -0.05) is 46.0 Å². The summed E-state index contributed by atoms with van der Waals surface area (Å²) in [5, 5.41) is 2.32. The fourth-order valence-corrected chi connectivity index (χ4v) is 3.12. The van der Waals surface area contributed by atoms with E-state index in [0.717, 1.165) is 17.9 Å². The molecule has 0 aromatic heterocycles. The molecule has 5 nitrogen and oxygen atoms in total. The topological polar surface area (TPSA) is 57.7 Å². The maximum Gasteiger partial charge on any atom is 0.252 e. The van der Waals surface area contributed by atoms with Gasteiger partial charge in [-0.2, -0.15) is 5.01 Å². The lowest BCUT2D eigenvalue weighted by molar-refractivity contribution is -0.167. The summed E-state index contributed by atoms with van der Waals surface area (Å²) in [6.45, 7) is 7.73. The average molecular weight is 310 g/mol. The molecule has 0 bridgehead atoms. The summed E-state index contributed by atoms with van der Waals surface area (Å²) >= 11 is 0. The van der Waals surface area contributed by atoms with Crippen LogP contribution in [0, 0.1) is 11.8 Å². The summed E-state index contributed by atoms with van der Waals surface area (Å²) in [5.41, 5.74) is 0. The molecular weight excluding hydrogens is 280 g/mol. The van der Waals surface area contributed by atoms with E-state index in [1.165, 1.54) is 37.6 Å². The Morgan fingerprint density at radius 1 is 1.23 bits per heavy atom. The summed E-state index contributed by atoms with van der Waals surface area (Å²) in [4.78, 5) is 36.2. The van der Waals surface area contributed by atoms with Crippen molar-refractivity contribution in [3.63, 3.8) is 0 Å². The van der Waals surface area contributed by atoms with Gasteiger partial charge in [-0.3, -0.25) is 14.4 Å². The lowest BCUT2D eigenvalue weighted by Crippen LogP contribution is -2.49. The van der Waals surface area contributed by atoms with Crippen LogP contribution in [0.25, 0.3) is 0 Å². The van der Waals surface area contributed by atoms with E-state index in [2.05, 4.69) is 6.92 Å². The summed E-state index contributed by atoms with van der Waals surface area (Å²) in [5.74, 6) is -0.800. The van der Waals surface area contributed by atoms with E-state index in [-0.39, 0.29) is 36.0 Å². The predicted molar refractivity (Wildman–Crippen MR) is 85.6 cm³/mol. The van der Waals surface area contributed by atoms with Crippen molar-refractivity contribution >= 4 is 17.7 Å². The molecule has 5 heteroatoms. The van der Waals surface area contributed by atoms with E-state index in [4.69, 9.17) is 0 Å². The Labute approximate surface area is 134 Å². The van der Waals surface area contributed by atoms with Gasteiger partial charge in [-0.25, -0.2) is 5.01 Å². The molecule has 0 N–H and O–H groups in total. The number of carbonyl (C=O) groups excluding carboxylic acids is 3. The number of unbranched alkanes of at least 4 members (excludes halogenated alkanes) is 4. The van der Waals surface area contributed by atoms with Crippen LogP contribution in [-0.4, -0.2) is 34.3 Å². The maximum atomic E-state index is 12.5. The van der Waals surface area contributed by atoms with E-state index >= 15 is 0 Å². The Bertz CT molecular complexity index is 409. The number of imide groups is 1. The third kappa shape index (κ3) is 4.55. The first-order valence-electron chi connectivity index (χ1n) is 8.58. The molecule has 22 heavy (non-hydrogen) atoms. The fraction of sp³-hybridized carbons (Fsp3) is 0.824. The average Bonchev–Trinajstić information content (AvgIpc) is 2.76. The van der Waals surface area contributed by atoms with Crippen molar-refractivity contribution < 1.29 is 14.4 Å². The van der Waals surface area contributed by atoms with E-state index in [0.29, 0.717) is 6.54 Å². The second kappa shape index (κ2) is 8.91. The highest BCUT2D eigenvalue weighted by molar-refractivity contribution is 6.04. The standard InChI is InChI=1S/C17H30N2O3/c1-5-7-8-9-10-11-13(3)15-12-16(21)19(17(15)22)18(6-2)14(4)20/h13,15H,5-12H2,1-4H3. The van der Waals surface area contributed by atoms with Gasteiger partial charge in [0.1, 0.15) is 0 Å². The van der Waals surface area contributed by atoms with Crippen LogP contribution >= 0.6 is 0 Å². The molecule has 0 radical (unpaired) electrons. The first-order valence-corrected chi connectivity index (χ1v) is 8.58. The van der Waals surface area contributed by atoms with Crippen molar-refractivity contribution in [3.8, 4) is 0 Å². The van der Waals surface area contributed by atoms with Gasteiger partial charge in [0.25, 0.3) is 5.91 Å². The van der Waals surface area contributed by atoms with Gasteiger partial charge in [0.15, 0.2) is 0 Å². The van der Waals surface area contributed by atoms with Crippen molar-refractivity contribution in [2.75, 3.05) is 6.54 Å². The van der Waals surface area contributed by atoms with E-state index < -0.39 is 0 Å². The second-order valence-corrected chi connectivity index (χ2v) is 6.27. The first kappa shape index (κ1) is 18.7. The van der Waals surface area contributed by atoms with Gasteiger partial charge in [-0.15, -0.1) is 0 Å². The molecule has 1 heterocycles. The van der Waals surface area contributed by atoms with Crippen molar-refractivity contribution in [1.29, 1.82) is 0 Å². The number of nitrogens with zero attached hydrogens (tertiary/aromatic N) is 2. The highest BCUT2D eigenvalue weighted by Crippen LogP contribution is 2.31. The minimum atomic E-state index is -0.271. The molecule has 2 unspecified atom stereocenters. The minimum Gasteiger partial charge on any atom is -0.273 e. The molecule has 126 valence electrons. The number of hydrazine groups is 1. The molecule has 1 aliphatic rings. The number of hydrogen-bond acceptors (Lipinski definition) is 3. The van der Waals surface area contributed by atoms with Crippen molar-refractivity contribution in [2.24, 2.45) is 11.8 Å². The molecule has 1 saturated heterocycles. The zero-order chi connectivity index (χ0) is 16.7. The second-order valence-electron chi connectivity index (χ2n) is 6.27. The molecule has 0 spiro atoms. The first-order chi connectivity index (χ1) is 10.4. The molecule has 0 aromatic rings. The van der Waals surface area contributed by atoms with Crippen LogP contribution in [0.3, 0.4) is 0 Å². The minimum absolute atomic E-state index is 0.189. The highest BCUT2D eigenvalue weighted by atomic mass is 16.2. The number of hydrogen-bond donors (Lipinski definition) is 0. The highest BCUT2D eigenvalue weighted by Gasteiger charge is 2.44. The van der Waals surface area contributed by atoms with Gasteiger partial charge < -0.3 is 0 Å². The third-order valence-corrected chi connectivity index (χ3v) is 4.51. The Kier molecular flexibility index (Phi) is 7.56. The normalized spacial score (nSPS) is 19.6. The Morgan fingerprint density at radius 2 is 1.86 bits per heavy atom. The smallest absolute Gasteiger partial charge is 0.252 e. The van der Waals surface area contributed by atoms with E-state index in [1.54, 1.807) is 6.92 Å². The Morgan fingerprint density at radius 3 is 2.41 bits per heavy atom. The third-order valence-electron chi connectivity index (χ3n) is 4.51. The lowest BCUT2D eigenvalue weighted by Gasteiger charge is -2.28. The zero-order valence-electron chi connectivity index (χ0n) is 14.4. The van der Waals surface area contributed by atoms with Crippen molar-refractivity contribution in [2.45, 2.75) is 72.6 Å². The van der Waals surface area contributed by atoms with Crippen LogP contribution < -0.4 is 0 Å². The quantitative estimate of drug-likeness (QED) is 0.485. The number of amides is 3. The molecular formula is C17H30N2O3. The fourth-order valence-electron chi connectivity index (χ4n) is 3.12. The Hall–Kier alpha value is -1.39. The molecule has 2 atom stereocenters. The lowest BCUT2D eigenvalue weighted by atomic mass is 9.88. The Balaban J connectivity index is 2.57. The van der Waals surface area contributed by atoms with Crippen LogP contribution in [0.2, 0.25) is 0 Å². The van der Waals surface area contributed by atoms with Gasteiger partial charge in [0.2, 0.25) is 11.8 Å². The molecule has 1 rings (SSSR count). The van der Waals surface area contributed by atoms with Gasteiger partial charge in [-0.05, 0) is 19.3 Å². The molecule has 0 aromatic carbocycles. The maximum absolute atomic E-state index is 12.5.